The molecule has 142 valence electrons. The van der Waals surface area contributed by atoms with Crippen LogP contribution >= 0.6 is 0 Å². The van der Waals surface area contributed by atoms with Crippen LogP contribution in [0.3, 0.4) is 0 Å². The van der Waals surface area contributed by atoms with Crippen molar-refractivity contribution in [3.8, 4) is 0 Å². The summed E-state index contributed by atoms with van der Waals surface area (Å²) < 4.78 is 34.2. The number of carbonyl (C=O) groups excluding carboxylic acids is 1. The first-order chi connectivity index (χ1) is 11.4. The predicted molar refractivity (Wildman–Crippen MR) is 89.9 cm³/mol. The average Bonchev–Trinajstić information content (AvgIpc) is 2.96. The van der Waals surface area contributed by atoms with Gasteiger partial charge in [0.05, 0.1) is 37.2 Å². The number of anilines is 1. The summed E-state index contributed by atoms with van der Waals surface area (Å²) in [6.45, 7) is 9.29. The van der Waals surface area contributed by atoms with E-state index in [2.05, 4.69) is 20.7 Å². The maximum atomic E-state index is 12.7. The molecule has 1 aromatic rings. The summed E-state index contributed by atoms with van der Waals surface area (Å²) in [4.78, 5) is 13.8. The second-order valence-corrected chi connectivity index (χ2v) is 9.97. The molecule has 0 aromatic carbocycles. The monoisotopic (exact) mass is 375 g/mol. The van der Waals surface area contributed by atoms with Crippen LogP contribution in [0.15, 0.2) is 0 Å². The SMILES string of the molecule is CC(C)(C)n1nnc(NC(=O)C(C)(C)S(=O)(=O)C[C@H]2COCCO2)n1. The van der Waals surface area contributed by atoms with E-state index in [4.69, 9.17) is 9.47 Å². The van der Waals surface area contributed by atoms with Crippen LogP contribution in [0.4, 0.5) is 5.95 Å². The Labute approximate surface area is 147 Å². The summed E-state index contributed by atoms with van der Waals surface area (Å²) in [6, 6.07) is 0. The van der Waals surface area contributed by atoms with Gasteiger partial charge in [0.15, 0.2) is 9.84 Å². The second-order valence-electron chi connectivity index (χ2n) is 7.39. The number of hydrogen-bond donors (Lipinski definition) is 1. The van der Waals surface area contributed by atoms with E-state index in [-0.39, 0.29) is 18.3 Å². The summed E-state index contributed by atoms with van der Waals surface area (Å²) in [7, 11) is -3.80. The molecule has 2 heterocycles. The zero-order valence-electron chi connectivity index (χ0n) is 15.1. The number of hydrogen-bond acceptors (Lipinski definition) is 8. The van der Waals surface area contributed by atoms with E-state index in [1.54, 1.807) is 0 Å². The van der Waals surface area contributed by atoms with Gasteiger partial charge in [0.1, 0.15) is 4.75 Å². The standard InChI is InChI=1S/C14H25N5O5S/c1-13(2,3)19-17-12(16-18-19)15-11(20)14(4,5)25(21,22)9-10-8-23-6-7-24-10/h10H,6-9H2,1-5H3,(H,15,17,20)/t10-/m1/s1. The van der Waals surface area contributed by atoms with E-state index in [1.807, 2.05) is 20.8 Å². The number of aromatic nitrogens is 4. The zero-order chi connectivity index (χ0) is 18.9. The number of tetrazole rings is 1. The van der Waals surface area contributed by atoms with Crippen molar-refractivity contribution in [2.45, 2.75) is 51.0 Å². The van der Waals surface area contributed by atoms with Crippen LogP contribution in [0.5, 0.6) is 0 Å². The lowest BCUT2D eigenvalue weighted by molar-refractivity contribution is -0.118. The first kappa shape index (κ1) is 19.7. The molecule has 0 bridgehead atoms. The largest absolute Gasteiger partial charge is 0.376 e. The van der Waals surface area contributed by atoms with Crippen LogP contribution in [0.1, 0.15) is 34.6 Å². The maximum Gasteiger partial charge on any atom is 0.270 e. The molecule has 1 aromatic heterocycles. The van der Waals surface area contributed by atoms with Gasteiger partial charge in [-0.15, -0.1) is 5.10 Å². The van der Waals surface area contributed by atoms with Gasteiger partial charge in [0, 0.05) is 0 Å². The molecule has 0 radical (unpaired) electrons. The Hall–Kier alpha value is -1.59. The molecule has 1 fully saturated rings. The Balaban J connectivity index is 2.09. The third-order valence-electron chi connectivity index (χ3n) is 3.85. The fraction of sp³-hybridized carbons (Fsp3) is 0.857. The zero-order valence-corrected chi connectivity index (χ0v) is 16.0. The number of nitrogens with zero attached hydrogens (tertiary/aromatic N) is 4. The van der Waals surface area contributed by atoms with Crippen molar-refractivity contribution in [1.29, 1.82) is 0 Å². The van der Waals surface area contributed by atoms with Crippen molar-refractivity contribution in [1.82, 2.24) is 20.2 Å². The van der Waals surface area contributed by atoms with Crippen LogP contribution in [0.25, 0.3) is 0 Å². The van der Waals surface area contributed by atoms with Crippen molar-refractivity contribution in [3.63, 3.8) is 0 Å². The minimum absolute atomic E-state index is 0.0413. The summed E-state index contributed by atoms with van der Waals surface area (Å²) in [5.74, 6) is -1.06. The van der Waals surface area contributed by atoms with Crippen LogP contribution < -0.4 is 5.32 Å². The van der Waals surface area contributed by atoms with Crippen LogP contribution in [-0.4, -0.2) is 71.0 Å². The molecule has 1 aliphatic rings. The molecular weight excluding hydrogens is 350 g/mol. The number of ether oxygens (including phenoxy) is 2. The van der Waals surface area contributed by atoms with Gasteiger partial charge in [0.25, 0.3) is 5.95 Å². The molecule has 1 N–H and O–H groups in total. The fourth-order valence-electron chi connectivity index (χ4n) is 2.03. The normalized spacial score (nSPS) is 19.6. The Morgan fingerprint density at radius 2 is 1.96 bits per heavy atom. The molecular formula is C14H25N5O5S. The summed E-state index contributed by atoms with van der Waals surface area (Å²) in [5.41, 5.74) is -0.407. The molecule has 1 aliphatic heterocycles. The van der Waals surface area contributed by atoms with E-state index >= 15 is 0 Å². The lowest BCUT2D eigenvalue weighted by atomic mass is 10.1. The number of rotatable bonds is 5. The Morgan fingerprint density at radius 3 is 2.48 bits per heavy atom. The third kappa shape index (κ3) is 4.53. The molecule has 0 saturated carbocycles. The van der Waals surface area contributed by atoms with Gasteiger partial charge >= 0.3 is 0 Å². The molecule has 1 saturated heterocycles. The summed E-state index contributed by atoms with van der Waals surface area (Å²) >= 11 is 0. The van der Waals surface area contributed by atoms with Crippen molar-refractivity contribution < 1.29 is 22.7 Å². The Morgan fingerprint density at radius 1 is 1.28 bits per heavy atom. The van der Waals surface area contributed by atoms with Crippen molar-refractivity contribution in [2.75, 3.05) is 30.9 Å². The van der Waals surface area contributed by atoms with Crippen molar-refractivity contribution in [3.05, 3.63) is 0 Å². The van der Waals surface area contributed by atoms with E-state index in [1.165, 1.54) is 18.6 Å². The van der Waals surface area contributed by atoms with Gasteiger partial charge in [-0.3, -0.25) is 10.1 Å². The van der Waals surface area contributed by atoms with E-state index in [9.17, 15) is 13.2 Å². The van der Waals surface area contributed by atoms with Crippen molar-refractivity contribution in [2.24, 2.45) is 0 Å². The lowest BCUT2D eigenvalue weighted by Crippen LogP contribution is -2.49. The van der Waals surface area contributed by atoms with E-state index in [0.717, 1.165) is 0 Å². The van der Waals surface area contributed by atoms with Crippen LogP contribution in [-0.2, 0) is 29.6 Å². The van der Waals surface area contributed by atoms with E-state index in [0.29, 0.717) is 13.2 Å². The predicted octanol–water partition coefficient (Wildman–Crippen LogP) is -0.0246. The number of sulfone groups is 1. The lowest BCUT2D eigenvalue weighted by Gasteiger charge is -2.28. The molecule has 0 aliphatic carbocycles. The molecule has 11 heteroatoms. The number of nitrogens with one attached hydrogen (secondary N) is 1. The molecule has 10 nitrogen and oxygen atoms in total. The molecule has 0 unspecified atom stereocenters. The van der Waals surface area contributed by atoms with Gasteiger partial charge in [-0.1, -0.05) is 5.10 Å². The highest BCUT2D eigenvalue weighted by Gasteiger charge is 2.43. The van der Waals surface area contributed by atoms with Crippen molar-refractivity contribution >= 4 is 21.7 Å². The fourth-order valence-corrected chi connectivity index (χ4v) is 3.46. The smallest absolute Gasteiger partial charge is 0.270 e. The van der Waals surface area contributed by atoms with Gasteiger partial charge in [0.2, 0.25) is 5.91 Å². The van der Waals surface area contributed by atoms with Gasteiger partial charge in [-0.05, 0) is 39.8 Å². The van der Waals surface area contributed by atoms with Crippen LogP contribution in [0, 0.1) is 0 Å². The summed E-state index contributed by atoms with van der Waals surface area (Å²) in [5, 5.41) is 14.1. The topological polar surface area (TPSA) is 125 Å². The minimum Gasteiger partial charge on any atom is -0.376 e. The molecule has 1 amide bonds. The second kappa shape index (κ2) is 6.96. The van der Waals surface area contributed by atoms with Gasteiger partial charge < -0.3 is 9.47 Å². The molecule has 25 heavy (non-hydrogen) atoms. The third-order valence-corrected chi connectivity index (χ3v) is 6.40. The van der Waals surface area contributed by atoms with Gasteiger partial charge in [-0.2, -0.15) is 4.80 Å². The first-order valence-corrected chi connectivity index (χ1v) is 9.62. The van der Waals surface area contributed by atoms with Gasteiger partial charge in [-0.25, -0.2) is 8.42 Å². The molecule has 2 rings (SSSR count). The molecule has 0 spiro atoms. The number of amides is 1. The first-order valence-electron chi connectivity index (χ1n) is 7.97. The minimum atomic E-state index is -3.80. The number of carbonyl (C=O) groups is 1. The van der Waals surface area contributed by atoms with Crippen LogP contribution in [0.2, 0.25) is 0 Å². The maximum absolute atomic E-state index is 12.7. The highest BCUT2D eigenvalue weighted by atomic mass is 32.2. The molecule has 1 atom stereocenters. The quantitative estimate of drug-likeness (QED) is 0.761. The summed E-state index contributed by atoms with van der Waals surface area (Å²) in [6.07, 6.45) is -0.578. The van der Waals surface area contributed by atoms with E-state index < -0.39 is 32.1 Å². The highest BCUT2D eigenvalue weighted by Crippen LogP contribution is 2.22. The Bertz CT molecular complexity index is 716. The average molecular weight is 375 g/mol. The Kier molecular flexibility index (Phi) is 5.50. The highest BCUT2D eigenvalue weighted by molar-refractivity contribution is 7.93.